The van der Waals surface area contributed by atoms with Gasteiger partial charge in [0.2, 0.25) is 0 Å². The van der Waals surface area contributed by atoms with E-state index >= 15 is 0 Å². The predicted molar refractivity (Wildman–Crippen MR) is 97.2 cm³/mol. The lowest BCUT2D eigenvalue weighted by molar-refractivity contribution is 0.0461. The van der Waals surface area contributed by atoms with Crippen molar-refractivity contribution in [3.05, 3.63) is 35.3 Å². The number of rotatable bonds is 4. The van der Waals surface area contributed by atoms with Crippen LogP contribution in [-0.4, -0.2) is 30.8 Å². The molecule has 0 amide bonds. The van der Waals surface area contributed by atoms with E-state index in [4.69, 9.17) is 4.74 Å². The Balaban J connectivity index is 1.98. The molecular weight excluding hydrogens is 317 g/mol. The Morgan fingerprint density at radius 1 is 1.36 bits per heavy atom. The topological polar surface area (TPSA) is 49.1 Å². The fraction of sp³-hybridized carbons (Fsp3) is 0.500. The molecule has 25 heavy (non-hydrogen) atoms. The number of benzene rings is 1. The van der Waals surface area contributed by atoms with Gasteiger partial charge >= 0.3 is 0 Å². The average Bonchev–Trinajstić information content (AvgIpc) is 2.84. The lowest BCUT2D eigenvalue weighted by Crippen LogP contribution is -2.26. The number of nitriles is 1. The van der Waals surface area contributed by atoms with Crippen LogP contribution in [0.4, 0.5) is 10.1 Å². The number of nitrogens with zero attached hydrogens (tertiary/aromatic N) is 3. The van der Waals surface area contributed by atoms with E-state index in [1.54, 1.807) is 6.20 Å². The molecule has 0 N–H and O–H groups in total. The van der Waals surface area contributed by atoms with Crippen molar-refractivity contribution in [3.63, 3.8) is 0 Å². The Morgan fingerprint density at radius 2 is 2.20 bits per heavy atom. The Hall–Kier alpha value is -2.19. The molecule has 1 saturated heterocycles. The zero-order valence-electron chi connectivity index (χ0n) is 14.9. The average molecular weight is 341 g/mol. The van der Waals surface area contributed by atoms with Gasteiger partial charge in [-0.2, -0.15) is 5.26 Å². The van der Waals surface area contributed by atoms with Crippen LogP contribution in [0.2, 0.25) is 0 Å². The third kappa shape index (κ3) is 3.74. The number of fused-ring (bicyclic) bond motifs is 1. The lowest BCUT2D eigenvalue weighted by atomic mass is 10.0. The highest BCUT2D eigenvalue weighted by Gasteiger charge is 2.22. The molecule has 5 heteroatoms. The zero-order valence-corrected chi connectivity index (χ0v) is 14.9. The molecule has 1 unspecified atom stereocenters. The van der Waals surface area contributed by atoms with Crippen molar-refractivity contribution in [2.75, 3.05) is 24.6 Å². The van der Waals surface area contributed by atoms with E-state index in [0.717, 1.165) is 67.5 Å². The van der Waals surface area contributed by atoms with Gasteiger partial charge in [-0.05, 0) is 50.3 Å². The fourth-order valence-corrected chi connectivity index (χ4v) is 3.59. The Morgan fingerprint density at radius 3 is 2.96 bits per heavy atom. The Labute approximate surface area is 148 Å². The molecule has 3 rings (SSSR count). The minimum absolute atomic E-state index is 0.266. The number of aryl methyl sites for hydroxylation is 1. The summed E-state index contributed by atoms with van der Waals surface area (Å²) in [6.07, 6.45) is 5.84. The summed E-state index contributed by atoms with van der Waals surface area (Å²) in [5.41, 5.74) is 2.87. The number of ether oxygens (including phenoxy) is 1. The first-order valence-electron chi connectivity index (χ1n) is 8.99. The smallest absolute Gasteiger partial charge is 0.124 e. The van der Waals surface area contributed by atoms with E-state index in [9.17, 15) is 9.65 Å². The van der Waals surface area contributed by atoms with E-state index in [1.807, 2.05) is 6.92 Å². The molecule has 0 bridgehead atoms. The van der Waals surface area contributed by atoms with Gasteiger partial charge in [0.1, 0.15) is 11.9 Å². The summed E-state index contributed by atoms with van der Waals surface area (Å²) in [6.45, 7) is 6.40. The van der Waals surface area contributed by atoms with Crippen LogP contribution in [-0.2, 0) is 4.74 Å². The summed E-state index contributed by atoms with van der Waals surface area (Å²) >= 11 is 0. The molecule has 1 aliphatic heterocycles. The minimum atomic E-state index is -0.290. The van der Waals surface area contributed by atoms with Crippen LogP contribution >= 0.6 is 0 Å². The van der Waals surface area contributed by atoms with Gasteiger partial charge in [-0.1, -0.05) is 6.92 Å². The molecule has 1 aromatic heterocycles. The number of aromatic nitrogens is 1. The van der Waals surface area contributed by atoms with Crippen LogP contribution in [0.1, 0.15) is 43.7 Å². The molecule has 0 saturated carbocycles. The molecule has 1 aliphatic rings. The molecule has 0 radical (unpaired) electrons. The standard InChI is InChI=1S/C20H24FN3O/c1-3-9-25-17-5-4-7-24(8-6-17)20-15(12-22)13-23-19-14(2)10-16(21)11-18(19)20/h10-11,13,17H,3-9H2,1-2H3. The SMILES string of the molecule is CCCOC1CCCN(c2c(C#N)cnc3c(C)cc(F)cc23)CC1. The second kappa shape index (κ2) is 7.79. The predicted octanol–water partition coefficient (Wildman–Crippen LogP) is 4.34. The van der Waals surface area contributed by atoms with Gasteiger partial charge in [-0.15, -0.1) is 0 Å². The van der Waals surface area contributed by atoms with Crippen LogP contribution < -0.4 is 4.90 Å². The van der Waals surface area contributed by atoms with Crippen LogP contribution in [0, 0.1) is 24.1 Å². The van der Waals surface area contributed by atoms with E-state index in [2.05, 4.69) is 22.9 Å². The van der Waals surface area contributed by atoms with E-state index < -0.39 is 0 Å². The number of anilines is 1. The van der Waals surface area contributed by atoms with E-state index in [1.165, 1.54) is 12.1 Å². The van der Waals surface area contributed by atoms with Crippen molar-refractivity contribution in [1.29, 1.82) is 5.26 Å². The number of hydrogen-bond acceptors (Lipinski definition) is 4. The second-order valence-electron chi connectivity index (χ2n) is 6.66. The van der Waals surface area contributed by atoms with Crippen molar-refractivity contribution in [2.45, 2.75) is 45.6 Å². The van der Waals surface area contributed by atoms with Crippen molar-refractivity contribution < 1.29 is 9.13 Å². The highest BCUT2D eigenvalue weighted by atomic mass is 19.1. The summed E-state index contributed by atoms with van der Waals surface area (Å²) in [7, 11) is 0. The monoisotopic (exact) mass is 341 g/mol. The molecule has 1 fully saturated rings. The Kier molecular flexibility index (Phi) is 5.50. The second-order valence-corrected chi connectivity index (χ2v) is 6.66. The number of hydrogen-bond donors (Lipinski definition) is 0. The van der Waals surface area contributed by atoms with Gasteiger partial charge in [-0.3, -0.25) is 4.98 Å². The van der Waals surface area contributed by atoms with Crippen LogP contribution in [0.25, 0.3) is 10.9 Å². The summed E-state index contributed by atoms with van der Waals surface area (Å²) in [5, 5.41) is 10.3. The van der Waals surface area contributed by atoms with Crippen molar-refractivity contribution in [3.8, 4) is 6.07 Å². The summed E-state index contributed by atoms with van der Waals surface area (Å²) in [5.74, 6) is -0.290. The van der Waals surface area contributed by atoms with Crippen molar-refractivity contribution >= 4 is 16.6 Å². The number of halogens is 1. The first-order valence-corrected chi connectivity index (χ1v) is 8.99. The Bertz CT molecular complexity index is 800. The van der Waals surface area contributed by atoms with Crippen LogP contribution in [0.3, 0.4) is 0 Å². The van der Waals surface area contributed by atoms with Gasteiger partial charge in [0.05, 0.1) is 22.9 Å². The van der Waals surface area contributed by atoms with Crippen molar-refractivity contribution in [1.82, 2.24) is 4.98 Å². The molecule has 1 aromatic carbocycles. The molecule has 0 aliphatic carbocycles. The fourth-order valence-electron chi connectivity index (χ4n) is 3.59. The minimum Gasteiger partial charge on any atom is -0.378 e. The maximum Gasteiger partial charge on any atom is 0.124 e. The molecule has 2 aromatic rings. The normalized spacial score (nSPS) is 18.2. The van der Waals surface area contributed by atoms with Gasteiger partial charge in [-0.25, -0.2) is 4.39 Å². The zero-order chi connectivity index (χ0) is 17.8. The van der Waals surface area contributed by atoms with Gasteiger partial charge in [0, 0.05) is 31.3 Å². The molecular formula is C20H24FN3O. The van der Waals surface area contributed by atoms with Crippen LogP contribution in [0.15, 0.2) is 18.3 Å². The molecule has 1 atom stereocenters. The first-order chi connectivity index (χ1) is 12.1. The quantitative estimate of drug-likeness (QED) is 0.830. The first kappa shape index (κ1) is 17.6. The molecule has 2 heterocycles. The van der Waals surface area contributed by atoms with E-state index in [0.29, 0.717) is 5.56 Å². The van der Waals surface area contributed by atoms with Gasteiger partial charge in [0.15, 0.2) is 0 Å². The maximum atomic E-state index is 14.0. The van der Waals surface area contributed by atoms with Crippen molar-refractivity contribution in [2.24, 2.45) is 0 Å². The highest BCUT2D eigenvalue weighted by molar-refractivity contribution is 5.96. The summed E-state index contributed by atoms with van der Waals surface area (Å²) < 4.78 is 19.9. The third-order valence-electron chi connectivity index (χ3n) is 4.77. The third-order valence-corrected chi connectivity index (χ3v) is 4.77. The largest absolute Gasteiger partial charge is 0.378 e. The molecule has 132 valence electrons. The number of pyridine rings is 1. The highest BCUT2D eigenvalue weighted by Crippen LogP contribution is 2.33. The van der Waals surface area contributed by atoms with E-state index in [-0.39, 0.29) is 11.9 Å². The van der Waals surface area contributed by atoms with Gasteiger partial charge < -0.3 is 9.64 Å². The van der Waals surface area contributed by atoms with Crippen LogP contribution in [0.5, 0.6) is 0 Å². The van der Waals surface area contributed by atoms with Gasteiger partial charge in [0.25, 0.3) is 0 Å². The summed E-state index contributed by atoms with van der Waals surface area (Å²) in [4.78, 5) is 6.59. The molecule has 0 spiro atoms. The molecule has 4 nitrogen and oxygen atoms in total. The lowest BCUT2D eigenvalue weighted by Gasteiger charge is -2.25. The maximum absolute atomic E-state index is 14.0. The summed E-state index contributed by atoms with van der Waals surface area (Å²) in [6, 6.07) is 5.22.